The summed E-state index contributed by atoms with van der Waals surface area (Å²) in [5.74, 6) is 0.403. The molecule has 1 aromatic heterocycles. The minimum absolute atomic E-state index is 0.00197. The van der Waals surface area contributed by atoms with Gasteiger partial charge in [-0.2, -0.15) is 0 Å². The number of aliphatic hydroxyl groups is 2. The maximum Gasteiger partial charge on any atom is 0.246 e. The van der Waals surface area contributed by atoms with Crippen LogP contribution < -0.4 is 16.0 Å². The number of aliphatic hydroxyl groups excluding tert-OH is 2. The summed E-state index contributed by atoms with van der Waals surface area (Å²) in [7, 11) is 0. The molecule has 5 fully saturated rings. The van der Waals surface area contributed by atoms with Gasteiger partial charge < -0.3 is 54.7 Å². The molecule has 458 valence electrons. The number of amides is 4. The monoisotopic (exact) mass is 1160 g/mol. The third-order valence-corrected chi connectivity index (χ3v) is 22.3. The molecule has 17 heteroatoms. The first-order valence-corrected chi connectivity index (χ1v) is 31.8. The number of fused-ring (bicyclic) bond motifs is 7. The standard InChI is InChI=1S/C65H101N5O11S/c1-43-54(82-42-68-43)45-14-12-44(13-15-45)40-67-56(74)49-38-46(71)41-70(49)57(75)55(59(2,3)4)69-53(73)20-28-77-30-32-79-34-36-81-37-35-80-33-31-78-29-27-66-58(76)65-25-23-60(5,6)39-48(65)47-16-17-51-62(9)21-19-52(72)61(7,8)50(62)18-22-64(51,11)63(47,10)24-26-65/h12-16,42,46,48-52,55,71-72H,17-41H2,1-11H3,(H,66,76)(H,67,74)(H,69,73)/t46-,48+,49+,50+,51-,52+,55-,62+,63-,64-,65+/m1/s1. The normalized spacial score (nSPS) is 31.4. The molecule has 0 radical (unpaired) electrons. The van der Waals surface area contributed by atoms with Crippen LogP contribution in [0.2, 0.25) is 0 Å². The van der Waals surface area contributed by atoms with E-state index in [0.717, 1.165) is 73.1 Å². The van der Waals surface area contributed by atoms with Crippen molar-refractivity contribution in [3.05, 3.63) is 52.7 Å². The van der Waals surface area contributed by atoms with E-state index in [9.17, 15) is 29.4 Å². The molecule has 4 saturated carbocycles. The molecule has 2 heterocycles. The van der Waals surface area contributed by atoms with Crippen molar-refractivity contribution in [1.82, 2.24) is 25.8 Å². The van der Waals surface area contributed by atoms with Gasteiger partial charge in [0.15, 0.2) is 0 Å². The number of ether oxygens (including phenoxy) is 5. The van der Waals surface area contributed by atoms with Crippen LogP contribution in [-0.4, -0.2) is 147 Å². The van der Waals surface area contributed by atoms with E-state index in [1.165, 1.54) is 17.7 Å². The Morgan fingerprint density at radius 2 is 1.39 bits per heavy atom. The molecular formula is C65H101N5O11S. The summed E-state index contributed by atoms with van der Waals surface area (Å²) in [6.07, 6.45) is 12.1. The number of carbonyl (C=O) groups is 4. The van der Waals surface area contributed by atoms with E-state index < -0.39 is 29.5 Å². The zero-order valence-electron chi connectivity index (χ0n) is 51.6. The molecule has 4 amide bonds. The topological polar surface area (TPSA) is 207 Å². The summed E-state index contributed by atoms with van der Waals surface area (Å²) >= 11 is 1.58. The Balaban J connectivity index is 0.661. The van der Waals surface area contributed by atoms with E-state index in [0.29, 0.717) is 71.2 Å². The molecule has 0 unspecified atom stereocenters. The molecule has 11 atom stereocenters. The molecule has 0 bridgehead atoms. The Hall–Kier alpha value is -3.81. The Morgan fingerprint density at radius 3 is 2.01 bits per heavy atom. The molecular weight excluding hydrogens is 1060 g/mol. The van der Waals surface area contributed by atoms with Gasteiger partial charge in [-0.15, -0.1) is 11.3 Å². The number of rotatable bonds is 25. The number of aryl methyl sites for hydroxylation is 1. The predicted octanol–water partition coefficient (Wildman–Crippen LogP) is 8.98. The van der Waals surface area contributed by atoms with E-state index in [1.54, 1.807) is 16.9 Å². The highest BCUT2D eigenvalue weighted by Gasteiger charge is 2.69. The average Bonchev–Trinajstić information content (AvgIpc) is 1.46. The number of likely N-dealkylation sites (tertiary alicyclic amines) is 1. The Labute approximate surface area is 493 Å². The first-order valence-electron chi connectivity index (χ1n) is 30.9. The maximum atomic E-state index is 14.5. The van der Waals surface area contributed by atoms with Crippen LogP contribution in [0.4, 0.5) is 0 Å². The zero-order chi connectivity index (χ0) is 59.3. The fourth-order valence-corrected chi connectivity index (χ4v) is 17.0. The van der Waals surface area contributed by atoms with E-state index in [1.807, 2.05) is 57.5 Å². The predicted molar refractivity (Wildman–Crippen MR) is 318 cm³/mol. The summed E-state index contributed by atoms with van der Waals surface area (Å²) in [6, 6.07) is 6.10. The van der Waals surface area contributed by atoms with Crippen LogP contribution in [0, 0.1) is 62.6 Å². The smallest absolute Gasteiger partial charge is 0.246 e. The summed E-state index contributed by atoms with van der Waals surface area (Å²) in [5.41, 5.74) is 5.77. The van der Waals surface area contributed by atoms with E-state index in [2.05, 4.69) is 75.5 Å². The van der Waals surface area contributed by atoms with Gasteiger partial charge in [0.05, 0.1) is 99.8 Å². The van der Waals surface area contributed by atoms with Crippen LogP contribution in [0.5, 0.6) is 0 Å². The van der Waals surface area contributed by atoms with Gasteiger partial charge >= 0.3 is 0 Å². The highest BCUT2D eigenvalue weighted by Crippen LogP contribution is 2.75. The van der Waals surface area contributed by atoms with Gasteiger partial charge in [-0.25, -0.2) is 4.98 Å². The van der Waals surface area contributed by atoms with E-state index in [4.69, 9.17) is 23.7 Å². The second-order valence-corrected chi connectivity index (χ2v) is 29.1. The lowest BCUT2D eigenvalue weighted by Crippen LogP contribution is -2.65. The van der Waals surface area contributed by atoms with Gasteiger partial charge in [-0.1, -0.05) is 105 Å². The van der Waals surface area contributed by atoms with Crippen LogP contribution in [0.3, 0.4) is 0 Å². The Bertz CT molecular complexity index is 2550. The molecule has 1 saturated heterocycles. The largest absolute Gasteiger partial charge is 0.393 e. The summed E-state index contributed by atoms with van der Waals surface area (Å²) in [6.45, 7) is 29.1. The number of aromatic nitrogens is 1. The van der Waals surface area contributed by atoms with Gasteiger partial charge in [-0.3, -0.25) is 19.2 Å². The van der Waals surface area contributed by atoms with Crippen molar-refractivity contribution in [3.8, 4) is 10.4 Å². The van der Waals surface area contributed by atoms with Crippen molar-refractivity contribution in [2.24, 2.45) is 55.7 Å². The molecule has 5 aliphatic carbocycles. The first-order chi connectivity index (χ1) is 38.8. The van der Waals surface area contributed by atoms with Gasteiger partial charge in [0.2, 0.25) is 23.6 Å². The van der Waals surface area contributed by atoms with E-state index in [-0.39, 0.29) is 101 Å². The molecule has 6 aliphatic rings. The molecule has 82 heavy (non-hydrogen) atoms. The molecule has 1 aliphatic heterocycles. The Kier molecular flexibility index (Phi) is 20.7. The third-order valence-electron chi connectivity index (χ3n) is 21.3. The van der Waals surface area contributed by atoms with Crippen molar-refractivity contribution in [3.63, 3.8) is 0 Å². The second-order valence-electron chi connectivity index (χ2n) is 28.3. The third kappa shape index (κ3) is 13.7. The molecule has 1 aromatic carbocycles. The number of benzene rings is 1. The molecule has 5 N–H and O–H groups in total. The zero-order valence-corrected chi connectivity index (χ0v) is 52.4. The quantitative estimate of drug-likeness (QED) is 0.0467. The van der Waals surface area contributed by atoms with Gasteiger partial charge in [0, 0.05) is 32.5 Å². The van der Waals surface area contributed by atoms with Crippen LogP contribution >= 0.6 is 11.3 Å². The number of nitrogens with zero attached hydrogens (tertiary/aromatic N) is 2. The van der Waals surface area contributed by atoms with Crippen molar-refractivity contribution >= 4 is 35.0 Å². The first kappa shape index (κ1) is 64.2. The van der Waals surface area contributed by atoms with Gasteiger partial charge in [-0.05, 0) is 133 Å². The summed E-state index contributed by atoms with van der Waals surface area (Å²) in [4.78, 5) is 61.9. The lowest BCUT2D eigenvalue weighted by atomic mass is 9.33. The second kappa shape index (κ2) is 26.4. The lowest BCUT2D eigenvalue weighted by molar-refractivity contribution is -0.203. The van der Waals surface area contributed by atoms with Gasteiger partial charge in [0.25, 0.3) is 0 Å². The summed E-state index contributed by atoms with van der Waals surface area (Å²) < 4.78 is 28.6. The fourth-order valence-electron chi connectivity index (χ4n) is 16.2. The minimum Gasteiger partial charge on any atom is -0.393 e. The van der Waals surface area contributed by atoms with E-state index >= 15 is 0 Å². The fraction of sp³-hybridized carbons (Fsp3) is 0.769. The van der Waals surface area contributed by atoms with Crippen molar-refractivity contribution in [1.29, 1.82) is 0 Å². The molecule has 8 rings (SSSR count). The number of thiazole rings is 1. The van der Waals surface area contributed by atoms with Crippen LogP contribution in [0.15, 0.2) is 41.4 Å². The number of allylic oxidation sites excluding steroid dienone is 2. The average molecular weight is 1160 g/mol. The number of β-amino-alcohol motifs (C(OH)–C–C–N with tert-alkyl or cyclic N) is 1. The van der Waals surface area contributed by atoms with Crippen LogP contribution in [0.25, 0.3) is 10.4 Å². The number of hydrogen-bond acceptors (Lipinski definition) is 13. The van der Waals surface area contributed by atoms with Crippen molar-refractivity contribution < 1.29 is 53.1 Å². The minimum atomic E-state index is -0.927. The molecule has 0 spiro atoms. The van der Waals surface area contributed by atoms with Crippen molar-refractivity contribution in [2.45, 2.75) is 184 Å². The van der Waals surface area contributed by atoms with Crippen molar-refractivity contribution in [2.75, 3.05) is 79.2 Å². The highest BCUT2D eigenvalue weighted by atomic mass is 32.1. The number of nitrogens with one attached hydrogen (secondary N) is 3. The maximum absolute atomic E-state index is 14.5. The molecule has 2 aromatic rings. The summed E-state index contributed by atoms with van der Waals surface area (Å²) in [5, 5.41) is 30.9. The Morgan fingerprint density at radius 1 is 0.768 bits per heavy atom. The number of carbonyl (C=O) groups excluding carboxylic acids is 4. The SMILES string of the molecule is Cc1ncsc1-c1ccc(CNC(=O)[C@@H]2C[C@@H](O)CN2C(=O)[C@@H](NC(=O)CCOCCOCCOCCOCCOCCNC(=O)[C@]23CCC(C)(C)C[C@H]2C2=CC[C@@H]4[C@@]5(C)CC[C@H](O)C(C)(C)[C@@H]5CC[C@@]4(C)[C@]2(C)CC3)C(C)(C)C)cc1. The highest BCUT2D eigenvalue weighted by molar-refractivity contribution is 7.13. The lowest BCUT2D eigenvalue weighted by Gasteiger charge is -2.71. The van der Waals surface area contributed by atoms with Crippen LogP contribution in [-0.2, 0) is 49.4 Å². The number of hydrogen-bond donors (Lipinski definition) is 5. The molecule has 16 nitrogen and oxygen atoms in total. The van der Waals surface area contributed by atoms with Crippen LogP contribution in [0.1, 0.15) is 158 Å². The van der Waals surface area contributed by atoms with Gasteiger partial charge in [0.1, 0.15) is 12.1 Å².